The van der Waals surface area contributed by atoms with Gasteiger partial charge in [0.05, 0.1) is 29.8 Å². The minimum Gasteiger partial charge on any atom is -0.495 e. The van der Waals surface area contributed by atoms with E-state index in [0.29, 0.717) is 0 Å². The van der Waals surface area contributed by atoms with Crippen LogP contribution in [0.3, 0.4) is 0 Å². The molecule has 1 N–H and O–H groups in total. The van der Waals surface area contributed by atoms with Gasteiger partial charge in [-0.25, -0.2) is 0 Å². The summed E-state index contributed by atoms with van der Waals surface area (Å²) in [4.78, 5) is 34.9. The van der Waals surface area contributed by atoms with Crippen molar-refractivity contribution >= 4 is 23.3 Å². The number of ether oxygens (including phenoxy) is 2. The lowest BCUT2D eigenvalue weighted by atomic mass is 10.1. The normalized spacial score (nSPS) is 11.6. The van der Waals surface area contributed by atoms with Crippen molar-refractivity contribution in [1.29, 1.82) is 0 Å². The lowest BCUT2D eigenvalue weighted by molar-refractivity contribution is -0.384. The fourth-order valence-corrected chi connectivity index (χ4v) is 2.65. The molecule has 1 heterocycles. The summed E-state index contributed by atoms with van der Waals surface area (Å²) in [6, 6.07) is 3.81. The maximum atomic E-state index is 12.4. The molecule has 10 heteroatoms. The monoisotopic (exact) mass is 390 g/mol. The van der Waals surface area contributed by atoms with Crippen LogP contribution in [0.1, 0.15) is 23.9 Å². The predicted octanol–water partition coefficient (Wildman–Crippen LogP) is 2.07. The van der Waals surface area contributed by atoms with E-state index in [1.807, 2.05) is 6.92 Å². The smallest absolute Gasteiger partial charge is 0.311 e. The van der Waals surface area contributed by atoms with Crippen molar-refractivity contribution in [3.63, 3.8) is 0 Å². The number of amides is 1. The van der Waals surface area contributed by atoms with Crippen molar-refractivity contribution in [2.75, 3.05) is 12.4 Å². The molecule has 2 aromatic rings. The molecular weight excluding hydrogens is 368 g/mol. The molecule has 2 rings (SSSR count). The average Bonchev–Trinajstić information content (AvgIpc) is 2.87. The van der Waals surface area contributed by atoms with Gasteiger partial charge >= 0.3 is 5.97 Å². The molecule has 0 radical (unpaired) electrons. The van der Waals surface area contributed by atoms with Crippen molar-refractivity contribution in [2.24, 2.45) is 7.05 Å². The number of anilines is 1. The summed E-state index contributed by atoms with van der Waals surface area (Å²) in [7, 11) is 3.15. The molecule has 0 aliphatic carbocycles. The maximum Gasteiger partial charge on any atom is 0.311 e. The van der Waals surface area contributed by atoms with E-state index in [9.17, 15) is 19.7 Å². The Bertz CT molecular complexity index is 921. The Morgan fingerprint density at radius 1 is 1.36 bits per heavy atom. The average molecular weight is 390 g/mol. The molecule has 0 unspecified atom stereocenters. The van der Waals surface area contributed by atoms with Gasteiger partial charge in [-0.15, -0.1) is 0 Å². The zero-order valence-electron chi connectivity index (χ0n) is 16.3. The first-order valence-electron chi connectivity index (χ1n) is 8.45. The number of carbonyl (C=O) groups excluding carboxylic acids is 2. The fraction of sp³-hybridized carbons (Fsp3) is 0.389. The van der Waals surface area contributed by atoms with Gasteiger partial charge in [0.15, 0.2) is 6.10 Å². The van der Waals surface area contributed by atoms with E-state index in [-0.39, 0.29) is 23.5 Å². The highest BCUT2D eigenvalue weighted by atomic mass is 16.6. The van der Waals surface area contributed by atoms with Crippen molar-refractivity contribution in [3.05, 3.63) is 45.3 Å². The molecule has 0 saturated carbocycles. The van der Waals surface area contributed by atoms with E-state index in [1.165, 1.54) is 32.2 Å². The highest BCUT2D eigenvalue weighted by Crippen LogP contribution is 2.29. The number of esters is 1. The van der Waals surface area contributed by atoms with Gasteiger partial charge in [0.25, 0.3) is 11.6 Å². The van der Waals surface area contributed by atoms with E-state index < -0.39 is 22.9 Å². The van der Waals surface area contributed by atoms with Crippen LogP contribution in [0.25, 0.3) is 0 Å². The second-order valence-electron chi connectivity index (χ2n) is 6.21. The first-order chi connectivity index (χ1) is 13.1. The minimum atomic E-state index is -1.10. The van der Waals surface area contributed by atoms with Crippen LogP contribution in [0.2, 0.25) is 0 Å². The van der Waals surface area contributed by atoms with Crippen LogP contribution >= 0.6 is 0 Å². The van der Waals surface area contributed by atoms with Crippen LogP contribution in [0.4, 0.5) is 11.4 Å². The third kappa shape index (κ3) is 4.64. The molecule has 150 valence electrons. The Hall–Kier alpha value is -3.43. The fourth-order valence-electron chi connectivity index (χ4n) is 2.65. The molecule has 0 fully saturated rings. The molecule has 28 heavy (non-hydrogen) atoms. The summed E-state index contributed by atoms with van der Waals surface area (Å²) in [5.74, 6) is -0.960. The summed E-state index contributed by atoms with van der Waals surface area (Å²) in [6.45, 7) is 5.05. The number of carbonyl (C=O) groups is 2. The summed E-state index contributed by atoms with van der Waals surface area (Å²) in [6.07, 6.45) is -1.11. The minimum absolute atomic E-state index is 0.0107. The molecule has 1 aromatic heterocycles. The number of methoxy groups -OCH3 is 1. The predicted molar refractivity (Wildman–Crippen MR) is 100 cm³/mol. The Morgan fingerprint density at radius 2 is 2.04 bits per heavy atom. The van der Waals surface area contributed by atoms with Crippen LogP contribution in [-0.4, -0.2) is 39.8 Å². The second kappa shape index (κ2) is 8.51. The van der Waals surface area contributed by atoms with Gasteiger partial charge in [-0.2, -0.15) is 5.10 Å². The number of nitro benzene ring substituents is 1. The summed E-state index contributed by atoms with van der Waals surface area (Å²) in [5.41, 5.74) is 2.22. The Kier molecular flexibility index (Phi) is 6.34. The lowest BCUT2D eigenvalue weighted by Gasteiger charge is -2.15. The van der Waals surface area contributed by atoms with E-state index in [0.717, 1.165) is 17.0 Å². The molecule has 0 saturated heterocycles. The molecule has 0 spiro atoms. The molecule has 1 aromatic carbocycles. The summed E-state index contributed by atoms with van der Waals surface area (Å²) in [5, 5.41) is 17.7. The van der Waals surface area contributed by atoms with Crippen molar-refractivity contribution in [1.82, 2.24) is 9.78 Å². The number of nitrogens with one attached hydrogen (secondary N) is 1. The number of aryl methyl sites for hydroxylation is 2. The number of non-ortho nitro benzene ring substituents is 1. The van der Waals surface area contributed by atoms with Gasteiger partial charge < -0.3 is 14.8 Å². The van der Waals surface area contributed by atoms with Gasteiger partial charge in [-0.05, 0) is 26.8 Å². The van der Waals surface area contributed by atoms with Crippen molar-refractivity contribution in [2.45, 2.75) is 33.3 Å². The topological polar surface area (TPSA) is 126 Å². The molecule has 1 atom stereocenters. The Morgan fingerprint density at radius 3 is 2.57 bits per heavy atom. The highest BCUT2D eigenvalue weighted by Gasteiger charge is 2.22. The highest BCUT2D eigenvalue weighted by molar-refractivity contribution is 5.96. The number of aromatic nitrogens is 2. The first-order valence-corrected chi connectivity index (χ1v) is 8.45. The van der Waals surface area contributed by atoms with Gasteiger partial charge in [0.2, 0.25) is 0 Å². The standard InChI is InChI=1S/C18H22N4O6/c1-10-14(11(2)21(4)20-10)9-17(23)28-12(3)18(24)19-15-8-13(22(25)26)6-7-16(15)27-5/h6-8,12H,9H2,1-5H3,(H,19,24)/t12-/m0/s1. The largest absolute Gasteiger partial charge is 0.495 e. The maximum absolute atomic E-state index is 12.4. The van der Waals surface area contributed by atoms with E-state index in [1.54, 1.807) is 18.7 Å². The van der Waals surface area contributed by atoms with Crippen LogP contribution in [0.5, 0.6) is 5.75 Å². The Labute approximate surface area is 161 Å². The molecule has 0 aliphatic heterocycles. The van der Waals surface area contributed by atoms with Gasteiger partial charge in [0, 0.05) is 30.4 Å². The van der Waals surface area contributed by atoms with Gasteiger partial charge in [-0.1, -0.05) is 0 Å². The molecular formula is C18H22N4O6. The number of nitro groups is 1. The molecule has 10 nitrogen and oxygen atoms in total. The van der Waals surface area contributed by atoms with E-state index >= 15 is 0 Å². The number of hydrogen-bond donors (Lipinski definition) is 1. The quantitative estimate of drug-likeness (QED) is 0.436. The number of nitrogens with zero attached hydrogens (tertiary/aromatic N) is 3. The number of hydrogen-bond acceptors (Lipinski definition) is 7. The van der Waals surface area contributed by atoms with Crippen LogP contribution < -0.4 is 10.1 Å². The Balaban J connectivity index is 2.05. The van der Waals surface area contributed by atoms with Gasteiger partial charge in [0.1, 0.15) is 5.75 Å². The first kappa shape index (κ1) is 20.9. The van der Waals surface area contributed by atoms with Crippen molar-refractivity contribution in [3.8, 4) is 5.75 Å². The third-order valence-corrected chi connectivity index (χ3v) is 4.31. The second-order valence-corrected chi connectivity index (χ2v) is 6.21. The van der Waals surface area contributed by atoms with Crippen molar-refractivity contribution < 1.29 is 24.0 Å². The molecule has 1 amide bonds. The number of rotatable bonds is 7. The van der Waals surface area contributed by atoms with Crippen LogP contribution in [0, 0.1) is 24.0 Å². The summed E-state index contributed by atoms with van der Waals surface area (Å²) >= 11 is 0. The number of benzene rings is 1. The van der Waals surface area contributed by atoms with Gasteiger partial charge in [-0.3, -0.25) is 24.4 Å². The summed E-state index contributed by atoms with van der Waals surface area (Å²) < 4.78 is 12.0. The van der Waals surface area contributed by atoms with Crippen LogP contribution in [-0.2, 0) is 27.8 Å². The molecule has 0 bridgehead atoms. The van der Waals surface area contributed by atoms with E-state index in [4.69, 9.17) is 9.47 Å². The van der Waals surface area contributed by atoms with E-state index in [2.05, 4.69) is 10.4 Å². The lowest BCUT2D eigenvalue weighted by Crippen LogP contribution is -2.30. The SMILES string of the molecule is COc1ccc([N+](=O)[O-])cc1NC(=O)[C@H](C)OC(=O)Cc1c(C)nn(C)c1C. The van der Waals surface area contributed by atoms with Crippen LogP contribution in [0.15, 0.2) is 18.2 Å². The third-order valence-electron chi connectivity index (χ3n) is 4.31. The zero-order valence-corrected chi connectivity index (χ0v) is 16.3. The zero-order chi connectivity index (χ0) is 21.0. The molecule has 0 aliphatic rings.